The van der Waals surface area contributed by atoms with Crippen LogP contribution in [0.1, 0.15) is 45.4 Å². The summed E-state index contributed by atoms with van der Waals surface area (Å²) in [5.41, 5.74) is -0.112. The molecule has 0 aromatic carbocycles. The summed E-state index contributed by atoms with van der Waals surface area (Å²) in [6.07, 6.45) is 5.35. The van der Waals surface area contributed by atoms with Gasteiger partial charge < -0.3 is 15.3 Å². The van der Waals surface area contributed by atoms with E-state index in [9.17, 15) is 9.90 Å². The lowest BCUT2D eigenvalue weighted by Gasteiger charge is -2.38. The number of nitrogens with one attached hydrogen (secondary N) is 1. The van der Waals surface area contributed by atoms with Crippen molar-refractivity contribution in [2.75, 3.05) is 18.4 Å². The number of carbonyl (C=O) groups excluding carboxylic acids is 1. The van der Waals surface area contributed by atoms with Crippen molar-refractivity contribution in [3.05, 3.63) is 22.4 Å². The lowest BCUT2D eigenvalue weighted by atomic mass is 9.86. The molecule has 2 amide bonds. The average Bonchev–Trinajstić information content (AvgIpc) is 2.47. The smallest absolute Gasteiger partial charge is 0.321 e. The number of carbonyl (C=O) groups is 1. The highest BCUT2D eigenvalue weighted by atomic mass is 35.5. The zero-order chi connectivity index (χ0) is 16.9. The molecule has 0 bridgehead atoms. The number of halogens is 2. The Balaban J connectivity index is 1.85. The van der Waals surface area contributed by atoms with Crippen LogP contribution in [0.2, 0.25) is 10.3 Å². The van der Waals surface area contributed by atoms with Gasteiger partial charge in [-0.15, -0.1) is 0 Å². The van der Waals surface area contributed by atoms with Gasteiger partial charge in [0.25, 0.3) is 0 Å². The van der Waals surface area contributed by atoms with Crippen molar-refractivity contribution in [1.29, 1.82) is 0 Å². The van der Waals surface area contributed by atoms with Crippen molar-refractivity contribution < 1.29 is 9.90 Å². The highest BCUT2D eigenvalue weighted by Gasteiger charge is 2.33. The molecule has 0 atom stereocenters. The topological polar surface area (TPSA) is 65.5 Å². The van der Waals surface area contributed by atoms with Crippen LogP contribution >= 0.6 is 23.2 Å². The molecule has 0 spiro atoms. The fraction of sp³-hybridized carbons (Fsp3) is 0.625. The summed E-state index contributed by atoms with van der Waals surface area (Å²) in [6.45, 7) is 3.23. The number of hydrogen-bond donors (Lipinski definition) is 2. The molecule has 1 aromatic heterocycles. The number of unbranched alkanes of at least 4 members (excludes halogenated alkanes) is 2. The summed E-state index contributed by atoms with van der Waals surface area (Å²) in [5.74, 6) is 0. The van der Waals surface area contributed by atoms with Gasteiger partial charge in [0.2, 0.25) is 0 Å². The van der Waals surface area contributed by atoms with Crippen molar-refractivity contribution in [1.82, 2.24) is 9.88 Å². The molecule has 5 nitrogen and oxygen atoms in total. The minimum absolute atomic E-state index is 0.209. The first-order valence-corrected chi connectivity index (χ1v) is 8.79. The second-order valence-electron chi connectivity index (χ2n) is 6.10. The van der Waals surface area contributed by atoms with Crippen LogP contribution in [0.15, 0.2) is 12.1 Å². The summed E-state index contributed by atoms with van der Waals surface area (Å²) in [5, 5.41) is 13.8. The van der Waals surface area contributed by atoms with E-state index in [1.165, 1.54) is 0 Å². The molecular weight excluding hydrogens is 337 g/mol. The molecule has 2 rings (SSSR count). The Morgan fingerprint density at radius 1 is 1.30 bits per heavy atom. The van der Waals surface area contributed by atoms with Crippen LogP contribution in [0, 0.1) is 0 Å². The van der Waals surface area contributed by atoms with Gasteiger partial charge in [0.15, 0.2) is 0 Å². The first kappa shape index (κ1) is 18.3. The lowest BCUT2D eigenvalue weighted by Crippen LogP contribution is -2.48. The highest BCUT2D eigenvalue weighted by molar-refractivity contribution is 6.32. The number of piperidine rings is 1. The van der Waals surface area contributed by atoms with Gasteiger partial charge in [-0.2, -0.15) is 0 Å². The third kappa shape index (κ3) is 5.52. The van der Waals surface area contributed by atoms with Crippen LogP contribution in [0.3, 0.4) is 0 Å². The standard InChI is InChI=1S/C16H23Cl2N3O2/c1-2-3-4-5-16(23)6-8-21(9-7-16)15(22)19-12-10-13(17)20-14(18)11-12/h10-11,23H,2-9H2,1H3,(H,19,20,22). The number of aromatic nitrogens is 1. The number of likely N-dealkylation sites (tertiary alicyclic amines) is 1. The van der Waals surface area contributed by atoms with Crippen LogP contribution in [-0.4, -0.2) is 39.7 Å². The monoisotopic (exact) mass is 359 g/mol. The molecule has 1 aliphatic heterocycles. The Labute approximate surface area is 147 Å². The molecule has 2 N–H and O–H groups in total. The zero-order valence-corrected chi connectivity index (χ0v) is 14.8. The van der Waals surface area contributed by atoms with Crippen molar-refractivity contribution in [2.24, 2.45) is 0 Å². The van der Waals surface area contributed by atoms with Gasteiger partial charge in [-0.3, -0.25) is 0 Å². The number of pyridine rings is 1. The summed E-state index contributed by atoms with van der Waals surface area (Å²) >= 11 is 11.6. The van der Waals surface area contributed by atoms with Crippen LogP contribution < -0.4 is 5.32 Å². The van der Waals surface area contributed by atoms with Gasteiger partial charge in [0, 0.05) is 18.8 Å². The fourth-order valence-electron chi connectivity index (χ4n) is 2.82. The first-order chi connectivity index (χ1) is 10.9. The van der Waals surface area contributed by atoms with Gasteiger partial charge >= 0.3 is 6.03 Å². The summed E-state index contributed by atoms with van der Waals surface area (Å²) in [4.78, 5) is 17.8. The molecule has 128 valence electrons. The van der Waals surface area contributed by atoms with Crippen molar-refractivity contribution in [3.8, 4) is 0 Å². The fourth-order valence-corrected chi connectivity index (χ4v) is 3.28. The second kappa shape index (κ2) is 8.18. The van der Waals surface area contributed by atoms with Gasteiger partial charge in [-0.25, -0.2) is 9.78 Å². The summed E-state index contributed by atoms with van der Waals surface area (Å²) < 4.78 is 0. The highest BCUT2D eigenvalue weighted by Crippen LogP contribution is 2.28. The van der Waals surface area contributed by atoms with Crippen LogP contribution in [0.4, 0.5) is 10.5 Å². The van der Waals surface area contributed by atoms with E-state index < -0.39 is 5.60 Å². The van der Waals surface area contributed by atoms with E-state index in [1.807, 2.05) is 0 Å². The molecule has 1 fully saturated rings. The third-order valence-corrected chi connectivity index (χ3v) is 4.63. The van der Waals surface area contributed by atoms with Gasteiger partial charge in [-0.05, 0) is 31.4 Å². The first-order valence-electron chi connectivity index (χ1n) is 8.03. The lowest BCUT2D eigenvalue weighted by molar-refractivity contribution is -0.0196. The maximum Gasteiger partial charge on any atom is 0.321 e. The van der Waals surface area contributed by atoms with E-state index >= 15 is 0 Å². The second-order valence-corrected chi connectivity index (χ2v) is 6.87. The maximum atomic E-state index is 12.3. The largest absolute Gasteiger partial charge is 0.390 e. The minimum atomic E-state index is -0.630. The van der Waals surface area contributed by atoms with E-state index in [-0.39, 0.29) is 16.3 Å². The van der Waals surface area contributed by atoms with Crippen molar-refractivity contribution in [2.45, 2.75) is 51.0 Å². The SMILES string of the molecule is CCCCCC1(O)CCN(C(=O)Nc2cc(Cl)nc(Cl)c2)CC1. The molecule has 1 aliphatic rings. The number of rotatable bonds is 5. The minimum Gasteiger partial charge on any atom is -0.390 e. The van der Waals surface area contributed by atoms with Gasteiger partial charge in [0.1, 0.15) is 10.3 Å². The third-order valence-electron chi connectivity index (χ3n) is 4.24. The van der Waals surface area contributed by atoms with Crippen molar-refractivity contribution >= 4 is 34.9 Å². The van der Waals surface area contributed by atoms with Crippen LogP contribution in [-0.2, 0) is 0 Å². The molecular formula is C16H23Cl2N3O2. The average molecular weight is 360 g/mol. The van der Waals surface area contributed by atoms with E-state index in [0.717, 1.165) is 25.7 Å². The molecule has 1 aromatic rings. The molecule has 0 aliphatic carbocycles. The molecule has 23 heavy (non-hydrogen) atoms. The molecule has 0 saturated carbocycles. The Kier molecular flexibility index (Phi) is 6.50. The molecule has 7 heteroatoms. The van der Waals surface area contributed by atoms with Crippen LogP contribution in [0.5, 0.6) is 0 Å². The normalized spacial score (nSPS) is 17.1. The molecule has 0 unspecified atom stereocenters. The van der Waals surface area contributed by atoms with E-state index in [1.54, 1.807) is 17.0 Å². The number of aliphatic hydroxyl groups is 1. The number of amides is 2. The van der Waals surface area contributed by atoms with E-state index in [2.05, 4.69) is 17.2 Å². The number of hydrogen-bond acceptors (Lipinski definition) is 3. The van der Waals surface area contributed by atoms with E-state index in [0.29, 0.717) is 31.6 Å². The maximum absolute atomic E-state index is 12.3. The Bertz CT molecular complexity index is 526. The van der Waals surface area contributed by atoms with Gasteiger partial charge in [-0.1, -0.05) is 49.4 Å². The Morgan fingerprint density at radius 2 is 1.91 bits per heavy atom. The zero-order valence-electron chi connectivity index (χ0n) is 13.3. The number of urea groups is 1. The molecule has 1 saturated heterocycles. The van der Waals surface area contributed by atoms with Gasteiger partial charge in [0.05, 0.1) is 5.60 Å². The summed E-state index contributed by atoms with van der Waals surface area (Å²) in [6, 6.07) is 2.89. The Morgan fingerprint density at radius 3 is 2.48 bits per heavy atom. The predicted octanol–water partition coefficient (Wildman–Crippen LogP) is 4.33. The van der Waals surface area contributed by atoms with E-state index in [4.69, 9.17) is 23.2 Å². The Hall–Kier alpha value is -1.04. The number of anilines is 1. The van der Waals surface area contributed by atoms with Crippen LogP contribution in [0.25, 0.3) is 0 Å². The summed E-state index contributed by atoms with van der Waals surface area (Å²) in [7, 11) is 0. The predicted molar refractivity (Wildman–Crippen MR) is 93.2 cm³/mol. The number of nitrogens with zero attached hydrogens (tertiary/aromatic N) is 2. The van der Waals surface area contributed by atoms with Crippen molar-refractivity contribution in [3.63, 3.8) is 0 Å². The quantitative estimate of drug-likeness (QED) is 0.607. The molecule has 2 heterocycles. The molecule has 0 radical (unpaired) electrons.